The van der Waals surface area contributed by atoms with Crippen LogP contribution in [0.2, 0.25) is 0 Å². The van der Waals surface area contributed by atoms with E-state index in [0.717, 1.165) is 12.8 Å². The quantitative estimate of drug-likeness (QED) is 0.292. The highest BCUT2D eigenvalue weighted by molar-refractivity contribution is 5.92. The fraction of sp³-hybridized carbons (Fsp3) is 0.765. The first-order valence-corrected chi connectivity index (χ1v) is 8.14. The lowest BCUT2D eigenvalue weighted by atomic mass is 10.1. The number of carboxylic acid groups (broad SMARTS) is 1. The summed E-state index contributed by atoms with van der Waals surface area (Å²) in [4.78, 5) is 21.8. The highest BCUT2D eigenvalue weighted by Crippen LogP contribution is 2.10. The van der Waals surface area contributed by atoms with Crippen LogP contribution in [0.1, 0.15) is 77.6 Å². The first kappa shape index (κ1) is 19.7. The average Bonchev–Trinajstić information content (AvgIpc) is 2.43. The maximum atomic E-state index is 11.4. The number of carbonyl (C=O) groups excluding carboxylic acids is 1. The molecule has 0 atom stereocenters. The standard InChI is InChI=1S/C17H30O4/c1-3-4-5-6-7-8-9-10-11-12-13-21-17(20)15(2)14-16(18)19/h2-14H2,1H3,(H,18,19). The Balaban J connectivity index is 3.30. The molecule has 0 aliphatic carbocycles. The van der Waals surface area contributed by atoms with E-state index in [9.17, 15) is 9.59 Å². The van der Waals surface area contributed by atoms with Crippen molar-refractivity contribution in [2.45, 2.75) is 77.6 Å². The summed E-state index contributed by atoms with van der Waals surface area (Å²) in [6.45, 7) is 5.99. The molecule has 0 spiro atoms. The van der Waals surface area contributed by atoms with Crippen molar-refractivity contribution in [2.75, 3.05) is 6.61 Å². The lowest BCUT2D eigenvalue weighted by Gasteiger charge is -2.05. The smallest absolute Gasteiger partial charge is 0.333 e. The van der Waals surface area contributed by atoms with E-state index in [1.165, 1.54) is 51.4 Å². The van der Waals surface area contributed by atoms with E-state index in [1.54, 1.807) is 0 Å². The van der Waals surface area contributed by atoms with Crippen molar-refractivity contribution in [3.63, 3.8) is 0 Å². The van der Waals surface area contributed by atoms with Crippen LogP contribution in [0.15, 0.2) is 12.2 Å². The molecule has 21 heavy (non-hydrogen) atoms. The minimum atomic E-state index is -1.06. The van der Waals surface area contributed by atoms with Gasteiger partial charge in [-0.2, -0.15) is 0 Å². The molecule has 0 saturated carbocycles. The molecule has 0 aliphatic rings. The predicted octanol–water partition coefficient (Wildman–Crippen LogP) is 4.48. The van der Waals surface area contributed by atoms with E-state index in [0.29, 0.717) is 6.61 Å². The molecule has 4 heteroatoms. The molecule has 0 aliphatic heterocycles. The van der Waals surface area contributed by atoms with E-state index < -0.39 is 11.9 Å². The highest BCUT2D eigenvalue weighted by Gasteiger charge is 2.11. The van der Waals surface area contributed by atoms with Gasteiger partial charge in [0.25, 0.3) is 0 Å². The van der Waals surface area contributed by atoms with Gasteiger partial charge in [0, 0.05) is 5.57 Å². The molecule has 0 heterocycles. The van der Waals surface area contributed by atoms with Gasteiger partial charge in [-0.15, -0.1) is 0 Å². The van der Waals surface area contributed by atoms with Gasteiger partial charge in [-0.05, 0) is 6.42 Å². The summed E-state index contributed by atoms with van der Waals surface area (Å²) in [6, 6.07) is 0. The van der Waals surface area contributed by atoms with E-state index in [-0.39, 0.29) is 12.0 Å². The fourth-order valence-corrected chi connectivity index (χ4v) is 2.11. The van der Waals surface area contributed by atoms with Crippen molar-refractivity contribution in [2.24, 2.45) is 0 Å². The zero-order chi connectivity index (χ0) is 15.9. The average molecular weight is 298 g/mol. The maximum absolute atomic E-state index is 11.4. The third-order valence-corrected chi connectivity index (χ3v) is 3.38. The normalized spacial score (nSPS) is 10.3. The number of esters is 1. The van der Waals surface area contributed by atoms with Crippen molar-refractivity contribution in [3.8, 4) is 0 Å². The lowest BCUT2D eigenvalue weighted by molar-refractivity contribution is -0.142. The third kappa shape index (κ3) is 13.4. The molecular formula is C17H30O4. The Bertz CT molecular complexity index is 310. The molecule has 0 rings (SSSR count). The van der Waals surface area contributed by atoms with Crippen LogP contribution < -0.4 is 0 Å². The molecule has 0 saturated heterocycles. The Kier molecular flexibility index (Phi) is 12.8. The van der Waals surface area contributed by atoms with Crippen LogP contribution in [0.25, 0.3) is 0 Å². The number of unbranched alkanes of at least 4 members (excludes halogenated alkanes) is 9. The second-order valence-corrected chi connectivity index (χ2v) is 5.49. The van der Waals surface area contributed by atoms with Gasteiger partial charge in [-0.25, -0.2) is 4.79 Å². The number of aliphatic carboxylic acids is 1. The van der Waals surface area contributed by atoms with Gasteiger partial charge in [-0.3, -0.25) is 4.79 Å². The SMILES string of the molecule is C=C(CC(=O)O)C(=O)OCCCCCCCCCCCC. The first-order valence-electron chi connectivity index (χ1n) is 8.14. The van der Waals surface area contributed by atoms with E-state index in [4.69, 9.17) is 9.84 Å². The predicted molar refractivity (Wildman–Crippen MR) is 84.2 cm³/mol. The number of hydrogen-bond donors (Lipinski definition) is 1. The number of ether oxygens (including phenoxy) is 1. The van der Waals surface area contributed by atoms with Crippen LogP contribution >= 0.6 is 0 Å². The topological polar surface area (TPSA) is 63.6 Å². The van der Waals surface area contributed by atoms with Gasteiger partial charge < -0.3 is 9.84 Å². The van der Waals surface area contributed by atoms with Crippen molar-refractivity contribution < 1.29 is 19.4 Å². The molecule has 0 fully saturated rings. The summed E-state index contributed by atoms with van der Waals surface area (Å²) in [5.41, 5.74) is 0.00887. The molecule has 0 aromatic rings. The van der Waals surface area contributed by atoms with Crippen molar-refractivity contribution in [1.82, 2.24) is 0 Å². The molecule has 0 aromatic heterocycles. The fourth-order valence-electron chi connectivity index (χ4n) is 2.11. The summed E-state index contributed by atoms with van der Waals surface area (Å²) in [6.07, 6.45) is 11.9. The number of rotatable bonds is 14. The van der Waals surface area contributed by atoms with Crippen molar-refractivity contribution >= 4 is 11.9 Å². The molecule has 1 N–H and O–H groups in total. The summed E-state index contributed by atoms with van der Waals surface area (Å²) >= 11 is 0. The molecule has 0 aromatic carbocycles. The van der Waals surface area contributed by atoms with Gasteiger partial charge in [0.15, 0.2) is 0 Å². The Morgan fingerprint density at radius 1 is 0.905 bits per heavy atom. The Morgan fingerprint density at radius 3 is 1.86 bits per heavy atom. The summed E-state index contributed by atoms with van der Waals surface area (Å²) in [5.74, 6) is -1.65. The van der Waals surface area contributed by atoms with Crippen molar-refractivity contribution in [1.29, 1.82) is 0 Å². The zero-order valence-electron chi connectivity index (χ0n) is 13.4. The largest absolute Gasteiger partial charge is 0.481 e. The number of carbonyl (C=O) groups is 2. The Labute approximate surface area is 128 Å². The minimum Gasteiger partial charge on any atom is -0.481 e. The minimum absolute atomic E-state index is 0.00887. The summed E-state index contributed by atoms with van der Waals surface area (Å²) < 4.78 is 4.97. The van der Waals surface area contributed by atoms with E-state index >= 15 is 0 Å². The Hall–Kier alpha value is -1.32. The van der Waals surface area contributed by atoms with E-state index in [1.807, 2.05) is 0 Å². The van der Waals surface area contributed by atoms with Gasteiger partial charge in [0.05, 0.1) is 13.0 Å². The summed E-state index contributed by atoms with van der Waals surface area (Å²) in [7, 11) is 0. The first-order chi connectivity index (χ1) is 10.1. The van der Waals surface area contributed by atoms with Crippen LogP contribution in [0, 0.1) is 0 Å². The monoisotopic (exact) mass is 298 g/mol. The maximum Gasteiger partial charge on any atom is 0.333 e. The van der Waals surface area contributed by atoms with Gasteiger partial charge in [-0.1, -0.05) is 71.3 Å². The number of hydrogen-bond acceptors (Lipinski definition) is 3. The third-order valence-electron chi connectivity index (χ3n) is 3.38. The zero-order valence-corrected chi connectivity index (χ0v) is 13.4. The second-order valence-electron chi connectivity index (χ2n) is 5.49. The molecular weight excluding hydrogens is 268 g/mol. The highest BCUT2D eigenvalue weighted by atomic mass is 16.5. The molecule has 4 nitrogen and oxygen atoms in total. The lowest BCUT2D eigenvalue weighted by Crippen LogP contribution is -2.11. The molecule has 0 unspecified atom stereocenters. The van der Waals surface area contributed by atoms with Crippen LogP contribution in [0.3, 0.4) is 0 Å². The molecule has 0 amide bonds. The Morgan fingerprint density at radius 2 is 1.38 bits per heavy atom. The van der Waals surface area contributed by atoms with Gasteiger partial charge >= 0.3 is 11.9 Å². The van der Waals surface area contributed by atoms with Crippen LogP contribution in [0.4, 0.5) is 0 Å². The van der Waals surface area contributed by atoms with Gasteiger partial charge in [0.2, 0.25) is 0 Å². The van der Waals surface area contributed by atoms with Crippen molar-refractivity contribution in [3.05, 3.63) is 12.2 Å². The van der Waals surface area contributed by atoms with Gasteiger partial charge in [0.1, 0.15) is 0 Å². The molecule has 122 valence electrons. The molecule has 0 bridgehead atoms. The van der Waals surface area contributed by atoms with Crippen LogP contribution in [0.5, 0.6) is 0 Å². The summed E-state index contributed by atoms with van der Waals surface area (Å²) in [5, 5.41) is 8.52. The van der Waals surface area contributed by atoms with E-state index in [2.05, 4.69) is 13.5 Å². The number of carboxylic acids is 1. The van der Waals surface area contributed by atoms with Crippen LogP contribution in [-0.4, -0.2) is 23.7 Å². The second kappa shape index (κ2) is 13.7. The van der Waals surface area contributed by atoms with Crippen LogP contribution in [-0.2, 0) is 14.3 Å². The molecule has 0 radical (unpaired) electrons.